The van der Waals surface area contributed by atoms with E-state index in [1.165, 1.54) is 30.8 Å². The minimum atomic E-state index is 0.395. The third kappa shape index (κ3) is 3.49. The molecular weight excluding hydrogens is 250 g/mol. The highest BCUT2D eigenvalue weighted by molar-refractivity contribution is 7.11. The van der Waals surface area contributed by atoms with Crippen molar-refractivity contribution in [2.45, 2.75) is 38.7 Å². The molecule has 0 saturated carbocycles. The molecule has 6 heteroatoms. The molecule has 0 spiro atoms. The topological polar surface area (TPSA) is 69.4 Å². The van der Waals surface area contributed by atoms with E-state index in [9.17, 15) is 0 Å². The highest BCUT2D eigenvalue weighted by Gasteiger charge is 2.15. The van der Waals surface area contributed by atoms with Gasteiger partial charge in [0.05, 0.1) is 12.7 Å². The van der Waals surface area contributed by atoms with E-state index in [2.05, 4.69) is 9.69 Å². The average molecular weight is 271 g/mol. The van der Waals surface area contributed by atoms with Crippen LogP contribution in [0.4, 0.5) is 10.8 Å². The predicted octanol–water partition coefficient (Wildman–Crippen LogP) is 2.50. The smallest absolute Gasteiger partial charge is 0.197 e. The molecule has 1 aromatic rings. The van der Waals surface area contributed by atoms with E-state index in [0.29, 0.717) is 24.3 Å². The summed E-state index contributed by atoms with van der Waals surface area (Å²) in [5.74, 6) is 1.16. The number of nitrogens with zero attached hydrogens (tertiary/aromatic N) is 1. The fourth-order valence-electron chi connectivity index (χ4n) is 2.07. The normalized spacial score (nSPS) is 19.7. The molecule has 5 nitrogen and oxygen atoms in total. The molecule has 1 atom stereocenters. The maximum absolute atomic E-state index is 5.75. The van der Waals surface area contributed by atoms with Gasteiger partial charge in [-0.2, -0.15) is 4.37 Å². The lowest BCUT2D eigenvalue weighted by molar-refractivity contribution is 0.0134. The number of aromatic nitrogens is 1. The van der Waals surface area contributed by atoms with Crippen LogP contribution < -0.4 is 15.8 Å². The summed E-state index contributed by atoms with van der Waals surface area (Å²) in [5.41, 5.74) is 5.75. The summed E-state index contributed by atoms with van der Waals surface area (Å²) in [6.07, 6.45) is 5.06. The fourth-order valence-corrected chi connectivity index (χ4v) is 2.76. The molecule has 3 N–H and O–H groups in total. The quantitative estimate of drug-likeness (QED) is 0.832. The van der Waals surface area contributed by atoms with Crippen molar-refractivity contribution < 1.29 is 9.47 Å². The molecule has 0 aliphatic carbocycles. The second kappa shape index (κ2) is 6.80. The minimum Gasteiger partial charge on any atom is -0.487 e. The Morgan fingerprint density at radius 2 is 2.44 bits per heavy atom. The third-order valence-electron chi connectivity index (χ3n) is 2.99. The molecule has 0 amide bonds. The molecule has 18 heavy (non-hydrogen) atoms. The van der Waals surface area contributed by atoms with Crippen molar-refractivity contribution in [2.24, 2.45) is 0 Å². The van der Waals surface area contributed by atoms with Gasteiger partial charge in [0.1, 0.15) is 0 Å². The molecule has 1 aliphatic rings. The molecule has 1 unspecified atom stereocenters. The van der Waals surface area contributed by atoms with Gasteiger partial charge in [-0.15, -0.1) is 0 Å². The summed E-state index contributed by atoms with van der Waals surface area (Å²) >= 11 is 1.35. The average Bonchev–Trinajstić information content (AvgIpc) is 2.73. The lowest BCUT2D eigenvalue weighted by Gasteiger charge is -2.22. The Morgan fingerprint density at radius 1 is 1.56 bits per heavy atom. The number of nitrogen functional groups attached to an aromatic ring is 1. The van der Waals surface area contributed by atoms with E-state index in [-0.39, 0.29) is 0 Å². The molecular formula is C12H21N3O2S. The first-order chi connectivity index (χ1) is 8.81. The van der Waals surface area contributed by atoms with E-state index >= 15 is 0 Å². The van der Waals surface area contributed by atoms with Crippen LogP contribution in [0.3, 0.4) is 0 Å². The summed E-state index contributed by atoms with van der Waals surface area (Å²) in [5, 5.41) is 4.26. The minimum absolute atomic E-state index is 0.395. The van der Waals surface area contributed by atoms with Crippen LogP contribution in [0.2, 0.25) is 0 Å². The fraction of sp³-hybridized carbons (Fsp3) is 0.750. The van der Waals surface area contributed by atoms with Crippen molar-refractivity contribution >= 4 is 22.4 Å². The van der Waals surface area contributed by atoms with Crippen molar-refractivity contribution in [1.29, 1.82) is 0 Å². The molecule has 0 aromatic carbocycles. The van der Waals surface area contributed by atoms with E-state index in [4.69, 9.17) is 15.2 Å². The van der Waals surface area contributed by atoms with Crippen molar-refractivity contribution in [3.05, 3.63) is 0 Å². The molecule has 1 aliphatic heterocycles. The largest absolute Gasteiger partial charge is 0.487 e. The molecule has 1 aromatic heterocycles. The highest BCUT2D eigenvalue weighted by atomic mass is 32.1. The molecule has 102 valence electrons. The number of ether oxygens (including phenoxy) is 2. The number of nitrogens with two attached hydrogens (primary N) is 1. The van der Waals surface area contributed by atoms with Gasteiger partial charge in [-0.3, -0.25) is 0 Å². The lowest BCUT2D eigenvalue weighted by Crippen LogP contribution is -2.21. The number of rotatable bonds is 6. The van der Waals surface area contributed by atoms with Crippen LogP contribution in [0.5, 0.6) is 5.75 Å². The van der Waals surface area contributed by atoms with Crippen LogP contribution in [0.15, 0.2) is 0 Å². The SMILES string of the molecule is CCOc1c(N)nsc1NCCC1CCCCO1. The van der Waals surface area contributed by atoms with Gasteiger partial charge in [-0.25, -0.2) is 0 Å². The van der Waals surface area contributed by atoms with E-state index in [0.717, 1.165) is 24.6 Å². The van der Waals surface area contributed by atoms with Gasteiger partial charge >= 0.3 is 0 Å². The van der Waals surface area contributed by atoms with Crippen molar-refractivity contribution in [3.8, 4) is 5.75 Å². The summed E-state index contributed by atoms with van der Waals surface area (Å²) in [6, 6.07) is 0. The Labute approximate surface area is 112 Å². The first-order valence-corrected chi connectivity index (χ1v) is 7.32. The monoisotopic (exact) mass is 271 g/mol. The first-order valence-electron chi connectivity index (χ1n) is 6.54. The van der Waals surface area contributed by atoms with Gasteiger partial charge in [0, 0.05) is 13.2 Å². The summed E-state index contributed by atoms with van der Waals surface area (Å²) in [4.78, 5) is 0. The van der Waals surface area contributed by atoms with Crippen LogP contribution in [0.25, 0.3) is 0 Å². The van der Waals surface area contributed by atoms with Gasteiger partial charge in [0.15, 0.2) is 16.6 Å². The van der Waals surface area contributed by atoms with Crippen molar-refractivity contribution in [2.75, 3.05) is 30.8 Å². The Kier molecular flexibility index (Phi) is 5.07. The third-order valence-corrected chi connectivity index (χ3v) is 3.79. The zero-order valence-electron chi connectivity index (χ0n) is 10.8. The van der Waals surface area contributed by atoms with Crippen LogP contribution in [-0.2, 0) is 4.74 Å². The molecule has 2 heterocycles. The molecule has 1 fully saturated rings. The van der Waals surface area contributed by atoms with Gasteiger partial charge in [0.25, 0.3) is 0 Å². The number of hydrogen-bond donors (Lipinski definition) is 2. The summed E-state index contributed by atoms with van der Waals surface area (Å²) in [7, 11) is 0. The Balaban J connectivity index is 1.78. The number of nitrogens with one attached hydrogen (secondary N) is 1. The lowest BCUT2D eigenvalue weighted by atomic mass is 10.1. The van der Waals surface area contributed by atoms with E-state index in [1.807, 2.05) is 6.92 Å². The van der Waals surface area contributed by atoms with Crippen LogP contribution in [-0.4, -0.2) is 30.2 Å². The molecule has 0 radical (unpaired) electrons. The predicted molar refractivity (Wildman–Crippen MR) is 74.4 cm³/mol. The highest BCUT2D eigenvalue weighted by Crippen LogP contribution is 2.35. The number of anilines is 2. The molecule has 1 saturated heterocycles. The van der Waals surface area contributed by atoms with Gasteiger partial charge in [-0.05, 0) is 44.1 Å². The second-order valence-electron chi connectivity index (χ2n) is 4.36. The first kappa shape index (κ1) is 13.4. The van der Waals surface area contributed by atoms with E-state index in [1.54, 1.807) is 0 Å². The standard InChI is InChI=1S/C12H21N3O2S/c1-2-16-10-11(13)15-18-12(10)14-7-6-9-5-3-4-8-17-9/h9,14H,2-8H2,1H3,(H2,13,15). The van der Waals surface area contributed by atoms with Gasteiger partial charge in [0.2, 0.25) is 0 Å². The molecule has 0 bridgehead atoms. The maximum Gasteiger partial charge on any atom is 0.197 e. The van der Waals surface area contributed by atoms with Crippen LogP contribution in [0, 0.1) is 0 Å². The Morgan fingerprint density at radius 3 is 3.17 bits per heavy atom. The van der Waals surface area contributed by atoms with Crippen molar-refractivity contribution in [1.82, 2.24) is 4.37 Å². The summed E-state index contributed by atoms with van der Waals surface area (Å²) < 4.78 is 15.3. The second-order valence-corrected chi connectivity index (χ2v) is 5.14. The zero-order chi connectivity index (χ0) is 12.8. The molecule has 2 rings (SSSR count). The van der Waals surface area contributed by atoms with Crippen LogP contribution >= 0.6 is 11.5 Å². The van der Waals surface area contributed by atoms with Gasteiger partial charge in [-0.1, -0.05) is 0 Å². The summed E-state index contributed by atoms with van der Waals surface area (Å²) in [6.45, 7) is 4.31. The van der Waals surface area contributed by atoms with Crippen LogP contribution in [0.1, 0.15) is 32.6 Å². The number of hydrogen-bond acceptors (Lipinski definition) is 6. The zero-order valence-corrected chi connectivity index (χ0v) is 11.6. The van der Waals surface area contributed by atoms with Gasteiger partial charge < -0.3 is 20.5 Å². The van der Waals surface area contributed by atoms with E-state index < -0.39 is 0 Å². The maximum atomic E-state index is 5.75. The van der Waals surface area contributed by atoms with Crippen molar-refractivity contribution in [3.63, 3.8) is 0 Å². The Hall–Kier alpha value is -1.01. The Bertz CT molecular complexity index is 364.